The minimum absolute atomic E-state index is 0.218. The van der Waals surface area contributed by atoms with Gasteiger partial charge in [0.15, 0.2) is 0 Å². The van der Waals surface area contributed by atoms with Gasteiger partial charge in [-0.15, -0.1) is 11.8 Å². The SMILES string of the molecule is CSCC1S[C@H]2O[C@H](CO)[C@@H](O)[C@H](O)[C@H]2N1C(=O)C(F)(F)F. The summed E-state index contributed by atoms with van der Waals surface area (Å²) >= 11 is 2.23. The van der Waals surface area contributed by atoms with E-state index >= 15 is 0 Å². The molecule has 6 nitrogen and oxygen atoms in total. The summed E-state index contributed by atoms with van der Waals surface area (Å²) < 4.78 is 43.8. The van der Waals surface area contributed by atoms with Crippen molar-refractivity contribution in [3.05, 3.63) is 0 Å². The van der Waals surface area contributed by atoms with E-state index < -0.39 is 53.9 Å². The average Bonchev–Trinajstić information content (AvgIpc) is 2.79. The number of hydrogen-bond acceptors (Lipinski definition) is 7. The van der Waals surface area contributed by atoms with Crippen LogP contribution in [0.5, 0.6) is 0 Å². The molecule has 0 bridgehead atoms. The summed E-state index contributed by atoms with van der Waals surface area (Å²) in [6, 6.07) is -1.31. The second-order valence-corrected chi connectivity index (χ2v) is 7.15. The highest BCUT2D eigenvalue weighted by molar-refractivity contribution is 8.03. The third-order valence-corrected chi connectivity index (χ3v) is 5.78. The molecule has 0 radical (unpaired) electrons. The molecule has 2 heterocycles. The predicted octanol–water partition coefficient (Wildman–Crippen LogP) is -0.379. The van der Waals surface area contributed by atoms with E-state index in [1.54, 1.807) is 6.26 Å². The summed E-state index contributed by atoms with van der Waals surface area (Å²) in [5.41, 5.74) is -0.931. The van der Waals surface area contributed by atoms with Gasteiger partial charge in [0.2, 0.25) is 0 Å². The molecule has 2 aliphatic rings. The lowest BCUT2D eigenvalue weighted by Crippen LogP contribution is -2.63. The molecule has 1 unspecified atom stereocenters. The lowest BCUT2D eigenvalue weighted by atomic mass is 9.97. The number of aliphatic hydroxyl groups is 3. The molecule has 1 amide bonds. The van der Waals surface area contributed by atoms with Gasteiger partial charge in [0.1, 0.15) is 23.7 Å². The van der Waals surface area contributed by atoms with Gasteiger partial charge in [0.05, 0.1) is 18.0 Å². The van der Waals surface area contributed by atoms with Crippen LogP contribution in [0, 0.1) is 0 Å². The van der Waals surface area contributed by atoms with Gasteiger partial charge in [-0.1, -0.05) is 0 Å². The monoisotopic (exact) mass is 363 g/mol. The van der Waals surface area contributed by atoms with Crippen LogP contribution >= 0.6 is 23.5 Å². The van der Waals surface area contributed by atoms with Crippen molar-refractivity contribution in [1.29, 1.82) is 0 Å². The van der Waals surface area contributed by atoms with Crippen molar-refractivity contribution in [3.63, 3.8) is 0 Å². The van der Waals surface area contributed by atoms with Crippen LogP contribution in [0.2, 0.25) is 0 Å². The molecule has 0 spiro atoms. The number of amides is 1. The van der Waals surface area contributed by atoms with Crippen LogP contribution in [-0.2, 0) is 9.53 Å². The number of alkyl halides is 3. The first-order valence-electron chi connectivity index (χ1n) is 6.38. The van der Waals surface area contributed by atoms with E-state index in [0.29, 0.717) is 4.90 Å². The van der Waals surface area contributed by atoms with Crippen LogP contribution in [0.3, 0.4) is 0 Å². The molecule has 6 atom stereocenters. The second kappa shape index (κ2) is 6.73. The Kier molecular flexibility index (Phi) is 5.55. The Morgan fingerprint density at radius 3 is 2.50 bits per heavy atom. The number of fused-ring (bicyclic) bond motifs is 1. The van der Waals surface area contributed by atoms with Crippen molar-refractivity contribution < 1.29 is 38.0 Å². The fourth-order valence-corrected chi connectivity index (χ4v) is 5.07. The molecule has 128 valence electrons. The van der Waals surface area contributed by atoms with Gasteiger partial charge in [-0.3, -0.25) is 4.79 Å². The molecule has 0 aliphatic carbocycles. The van der Waals surface area contributed by atoms with E-state index in [2.05, 4.69) is 0 Å². The molecule has 0 aromatic rings. The van der Waals surface area contributed by atoms with Crippen molar-refractivity contribution in [2.24, 2.45) is 0 Å². The molecular formula is C11H16F3NO5S2. The molecule has 22 heavy (non-hydrogen) atoms. The molecule has 2 fully saturated rings. The molecule has 0 aromatic carbocycles. The minimum atomic E-state index is -5.08. The molecule has 2 rings (SSSR count). The van der Waals surface area contributed by atoms with Crippen molar-refractivity contribution >= 4 is 29.4 Å². The number of thioether (sulfide) groups is 2. The molecule has 11 heteroatoms. The fourth-order valence-electron chi connectivity index (χ4n) is 2.56. The number of rotatable bonds is 3. The van der Waals surface area contributed by atoms with Gasteiger partial charge < -0.3 is 25.0 Å². The Balaban J connectivity index is 2.31. The summed E-state index contributed by atoms with van der Waals surface area (Å²) in [6.07, 6.45) is -7.68. The highest BCUT2D eigenvalue weighted by Crippen LogP contribution is 2.44. The first-order valence-corrected chi connectivity index (χ1v) is 8.72. The molecule has 0 saturated carbocycles. The Bertz CT molecular complexity index is 427. The second-order valence-electron chi connectivity index (χ2n) is 4.95. The normalized spacial score (nSPS) is 39.0. The number of nitrogens with zero attached hydrogens (tertiary/aromatic N) is 1. The highest BCUT2D eigenvalue weighted by Gasteiger charge is 2.59. The number of halogens is 3. The van der Waals surface area contributed by atoms with Gasteiger partial charge in [0.25, 0.3) is 0 Å². The number of carbonyl (C=O) groups excluding carboxylic acids is 1. The van der Waals surface area contributed by atoms with Gasteiger partial charge >= 0.3 is 12.1 Å². The van der Waals surface area contributed by atoms with Crippen LogP contribution in [0.1, 0.15) is 0 Å². The summed E-state index contributed by atoms with van der Waals surface area (Å²) in [7, 11) is 0. The van der Waals surface area contributed by atoms with Gasteiger partial charge in [0, 0.05) is 5.75 Å². The zero-order valence-electron chi connectivity index (χ0n) is 11.4. The Hall–Kier alpha value is -0.200. The van der Waals surface area contributed by atoms with Crippen LogP contribution in [0.15, 0.2) is 0 Å². The van der Waals surface area contributed by atoms with E-state index in [1.807, 2.05) is 0 Å². The summed E-state index contributed by atoms with van der Waals surface area (Å²) in [4.78, 5) is 12.2. The number of hydrogen-bond donors (Lipinski definition) is 3. The summed E-state index contributed by atoms with van der Waals surface area (Å²) in [5, 5.41) is 28.2. The number of aliphatic hydroxyl groups excluding tert-OH is 3. The summed E-state index contributed by atoms with van der Waals surface area (Å²) in [6.45, 7) is -0.581. The smallest absolute Gasteiger partial charge is 0.394 e. The van der Waals surface area contributed by atoms with Crippen LogP contribution in [0.4, 0.5) is 13.2 Å². The zero-order chi connectivity index (χ0) is 16.7. The standard InChI is InChI=1S/C11H16F3NO5S2/c1-21-3-5-15(10(19)11(12,13)14)6-8(18)7(17)4(2-16)20-9(6)22-5/h4-9,16-18H,2-3H2,1H3/t4-,5?,6-,7-,8-,9-/m1/s1. The van der Waals surface area contributed by atoms with Crippen LogP contribution < -0.4 is 0 Å². The first kappa shape index (κ1) is 18.1. The Morgan fingerprint density at radius 2 is 2.00 bits per heavy atom. The summed E-state index contributed by atoms with van der Waals surface area (Å²) in [5.74, 6) is -1.85. The van der Waals surface area contributed by atoms with E-state index in [1.165, 1.54) is 11.8 Å². The zero-order valence-corrected chi connectivity index (χ0v) is 13.1. The van der Waals surface area contributed by atoms with E-state index in [4.69, 9.17) is 9.84 Å². The molecule has 3 N–H and O–H groups in total. The van der Waals surface area contributed by atoms with Crippen molar-refractivity contribution in [1.82, 2.24) is 4.90 Å². The number of ether oxygens (including phenoxy) is 1. The maximum Gasteiger partial charge on any atom is 0.471 e. The highest BCUT2D eigenvalue weighted by atomic mass is 32.2. The lowest BCUT2D eigenvalue weighted by molar-refractivity contribution is -0.210. The third kappa shape index (κ3) is 3.20. The van der Waals surface area contributed by atoms with E-state index in [9.17, 15) is 28.2 Å². The first-order chi connectivity index (χ1) is 10.2. The topological polar surface area (TPSA) is 90.2 Å². The quantitative estimate of drug-likeness (QED) is 0.630. The Labute approximate surface area is 133 Å². The van der Waals surface area contributed by atoms with Gasteiger partial charge in [-0.2, -0.15) is 24.9 Å². The van der Waals surface area contributed by atoms with Gasteiger partial charge in [-0.25, -0.2) is 0 Å². The molecule has 2 aliphatic heterocycles. The van der Waals surface area contributed by atoms with E-state index in [-0.39, 0.29) is 5.75 Å². The largest absolute Gasteiger partial charge is 0.471 e. The minimum Gasteiger partial charge on any atom is -0.394 e. The average molecular weight is 363 g/mol. The Morgan fingerprint density at radius 1 is 1.36 bits per heavy atom. The van der Waals surface area contributed by atoms with Crippen molar-refractivity contribution in [2.45, 2.75) is 41.3 Å². The lowest BCUT2D eigenvalue weighted by Gasteiger charge is -2.41. The third-order valence-electron chi connectivity index (χ3n) is 3.56. The maximum absolute atomic E-state index is 12.8. The molecular weight excluding hydrogens is 347 g/mol. The number of carbonyl (C=O) groups is 1. The fraction of sp³-hybridized carbons (Fsp3) is 0.909. The molecule has 2 saturated heterocycles. The van der Waals surface area contributed by atoms with Crippen molar-refractivity contribution in [3.8, 4) is 0 Å². The molecule has 0 aromatic heterocycles. The maximum atomic E-state index is 12.8. The van der Waals surface area contributed by atoms with Crippen LogP contribution in [0.25, 0.3) is 0 Å². The van der Waals surface area contributed by atoms with Crippen molar-refractivity contribution in [2.75, 3.05) is 18.6 Å². The van der Waals surface area contributed by atoms with E-state index in [0.717, 1.165) is 11.8 Å². The van der Waals surface area contributed by atoms with Gasteiger partial charge in [-0.05, 0) is 6.26 Å². The van der Waals surface area contributed by atoms with Crippen LogP contribution in [-0.4, -0.2) is 86.1 Å². The predicted molar refractivity (Wildman–Crippen MR) is 74.2 cm³/mol.